The molecule has 5 nitrogen and oxygen atoms in total. The summed E-state index contributed by atoms with van der Waals surface area (Å²) in [6.07, 6.45) is 3.76. The molecule has 8 heteroatoms. The predicted octanol–water partition coefficient (Wildman–Crippen LogP) is 5.81. The summed E-state index contributed by atoms with van der Waals surface area (Å²) in [4.78, 5) is 14.9. The first-order valence-corrected chi connectivity index (χ1v) is 11.4. The maximum absolute atomic E-state index is 12.7. The fraction of sp³-hybridized carbons (Fsp3) is 0.174. The molecule has 2 heterocycles. The monoisotopic (exact) mass is 469 g/mol. The second-order valence-corrected chi connectivity index (χ2v) is 8.80. The molecule has 1 aromatic heterocycles. The van der Waals surface area contributed by atoms with Crippen molar-refractivity contribution in [1.29, 1.82) is 0 Å². The van der Waals surface area contributed by atoms with E-state index in [2.05, 4.69) is 0 Å². The fourth-order valence-electron chi connectivity index (χ4n) is 3.26. The molecule has 0 saturated carbocycles. The number of carbonyl (C=O) groups is 1. The van der Waals surface area contributed by atoms with E-state index >= 15 is 0 Å². The van der Waals surface area contributed by atoms with E-state index < -0.39 is 0 Å². The van der Waals surface area contributed by atoms with Gasteiger partial charge in [-0.05, 0) is 50.3 Å². The van der Waals surface area contributed by atoms with Gasteiger partial charge in [-0.3, -0.25) is 9.69 Å². The zero-order valence-corrected chi connectivity index (χ0v) is 19.4. The SMILES string of the molecule is CCOc1ccc(-c2nn(-c3ccccc3)cc2C=C2SC(=S)N(CC)C2=O)cc1Cl. The van der Waals surface area contributed by atoms with Gasteiger partial charge in [0.25, 0.3) is 5.91 Å². The first-order valence-electron chi connectivity index (χ1n) is 9.85. The van der Waals surface area contributed by atoms with Crippen molar-refractivity contribution in [1.82, 2.24) is 14.7 Å². The average Bonchev–Trinajstić information content (AvgIpc) is 3.31. The molecule has 0 aliphatic carbocycles. The summed E-state index contributed by atoms with van der Waals surface area (Å²) in [5, 5.41) is 5.31. The molecule has 1 aliphatic heterocycles. The number of rotatable bonds is 6. The highest BCUT2D eigenvalue weighted by Gasteiger charge is 2.31. The van der Waals surface area contributed by atoms with Gasteiger partial charge in [-0.15, -0.1) is 0 Å². The fourth-order valence-corrected chi connectivity index (χ4v) is 4.88. The van der Waals surface area contributed by atoms with Crippen molar-refractivity contribution in [3.63, 3.8) is 0 Å². The quantitative estimate of drug-likeness (QED) is 0.336. The van der Waals surface area contributed by atoms with Crippen molar-refractivity contribution in [2.24, 2.45) is 0 Å². The van der Waals surface area contributed by atoms with Crippen LogP contribution < -0.4 is 4.74 Å². The Morgan fingerprint density at radius 3 is 2.61 bits per heavy atom. The van der Waals surface area contributed by atoms with Gasteiger partial charge < -0.3 is 4.74 Å². The van der Waals surface area contributed by atoms with Gasteiger partial charge in [0, 0.05) is 23.9 Å². The van der Waals surface area contributed by atoms with E-state index in [-0.39, 0.29) is 5.91 Å². The molecule has 158 valence electrons. The standard InChI is InChI=1S/C23H20ClN3O2S2/c1-3-26-22(28)20(31-23(26)30)13-16-14-27(17-8-6-5-7-9-17)25-21(16)15-10-11-19(29-4-2)18(24)12-15/h5-14H,3-4H2,1-2H3. The van der Waals surface area contributed by atoms with Crippen LogP contribution in [0, 0.1) is 0 Å². The van der Waals surface area contributed by atoms with Crippen molar-refractivity contribution < 1.29 is 9.53 Å². The van der Waals surface area contributed by atoms with Crippen LogP contribution in [0.1, 0.15) is 19.4 Å². The summed E-state index contributed by atoms with van der Waals surface area (Å²) in [6.45, 7) is 4.91. The number of para-hydroxylation sites is 1. The molecule has 1 fully saturated rings. The van der Waals surface area contributed by atoms with Crippen LogP contribution in [0.2, 0.25) is 5.02 Å². The maximum Gasteiger partial charge on any atom is 0.266 e. The zero-order valence-electron chi connectivity index (χ0n) is 17.0. The van der Waals surface area contributed by atoms with Crippen molar-refractivity contribution >= 4 is 51.9 Å². The van der Waals surface area contributed by atoms with Crippen LogP contribution in [0.25, 0.3) is 23.0 Å². The lowest BCUT2D eigenvalue weighted by molar-refractivity contribution is -0.121. The highest BCUT2D eigenvalue weighted by molar-refractivity contribution is 8.26. The summed E-state index contributed by atoms with van der Waals surface area (Å²) in [5.41, 5.74) is 3.28. The van der Waals surface area contributed by atoms with Crippen LogP contribution in [-0.4, -0.2) is 38.1 Å². The molecule has 1 aliphatic rings. The Kier molecular flexibility index (Phi) is 6.46. The Balaban J connectivity index is 1.82. The van der Waals surface area contributed by atoms with Crippen molar-refractivity contribution in [2.45, 2.75) is 13.8 Å². The number of likely N-dealkylation sites (N-methyl/N-ethyl adjacent to an activating group) is 1. The van der Waals surface area contributed by atoms with Crippen LogP contribution in [0.3, 0.4) is 0 Å². The van der Waals surface area contributed by atoms with Crippen LogP contribution in [0.5, 0.6) is 5.75 Å². The Morgan fingerprint density at radius 2 is 1.97 bits per heavy atom. The number of amides is 1. The van der Waals surface area contributed by atoms with Crippen molar-refractivity contribution in [3.05, 3.63) is 70.2 Å². The number of nitrogens with zero attached hydrogens (tertiary/aromatic N) is 3. The minimum atomic E-state index is -0.0827. The molecule has 0 bridgehead atoms. The van der Waals surface area contributed by atoms with E-state index in [1.807, 2.05) is 74.7 Å². The molecule has 31 heavy (non-hydrogen) atoms. The number of hydrogen-bond acceptors (Lipinski definition) is 5. The molecular weight excluding hydrogens is 450 g/mol. The van der Waals surface area contributed by atoms with Gasteiger partial charge in [0.05, 0.1) is 22.2 Å². The average molecular weight is 470 g/mol. The highest BCUT2D eigenvalue weighted by Crippen LogP contribution is 2.36. The third-order valence-corrected chi connectivity index (χ3v) is 6.42. The normalized spacial score (nSPS) is 15.2. The maximum atomic E-state index is 12.7. The third kappa shape index (κ3) is 4.39. The second kappa shape index (κ2) is 9.26. The highest BCUT2D eigenvalue weighted by atomic mass is 35.5. The summed E-state index contributed by atoms with van der Waals surface area (Å²) in [6, 6.07) is 15.4. The van der Waals surface area contributed by atoms with Gasteiger partial charge >= 0.3 is 0 Å². The van der Waals surface area contributed by atoms with E-state index in [1.165, 1.54) is 11.8 Å². The van der Waals surface area contributed by atoms with E-state index in [9.17, 15) is 4.79 Å². The molecule has 0 atom stereocenters. The minimum Gasteiger partial charge on any atom is -0.492 e. The molecule has 2 aromatic carbocycles. The first-order chi connectivity index (χ1) is 15.0. The Bertz CT molecular complexity index is 1170. The zero-order chi connectivity index (χ0) is 22.0. The number of thiocarbonyl (C=S) groups is 1. The van der Waals surface area contributed by atoms with Crippen LogP contribution >= 0.6 is 35.6 Å². The van der Waals surface area contributed by atoms with Gasteiger partial charge in [0.2, 0.25) is 0 Å². The smallest absolute Gasteiger partial charge is 0.266 e. The largest absolute Gasteiger partial charge is 0.492 e. The van der Waals surface area contributed by atoms with Gasteiger partial charge in [-0.1, -0.05) is 53.8 Å². The molecule has 3 aromatic rings. The number of thioether (sulfide) groups is 1. The van der Waals surface area contributed by atoms with Gasteiger partial charge in [0.1, 0.15) is 15.8 Å². The minimum absolute atomic E-state index is 0.0827. The van der Waals surface area contributed by atoms with E-state index in [1.54, 1.807) is 9.58 Å². The van der Waals surface area contributed by atoms with E-state index in [4.69, 9.17) is 33.7 Å². The number of ether oxygens (including phenoxy) is 1. The lowest BCUT2D eigenvalue weighted by Crippen LogP contribution is -2.27. The summed E-state index contributed by atoms with van der Waals surface area (Å²) in [5.74, 6) is 0.543. The summed E-state index contributed by atoms with van der Waals surface area (Å²) in [7, 11) is 0. The molecule has 0 spiro atoms. The molecule has 4 rings (SSSR count). The molecule has 0 radical (unpaired) electrons. The number of carbonyl (C=O) groups excluding carboxylic acids is 1. The van der Waals surface area contributed by atoms with Crippen LogP contribution in [-0.2, 0) is 4.79 Å². The number of aromatic nitrogens is 2. The lowest BCUT2D eigenvalue weighted by Gasteiger charge is -2.09. The molecular formula is C23H20ClN3O2S2. The lowest BCUT2D eigenvalue weighted by atomic mass is 10.1. The van der Waals surface area contributed by atoms with E-state index in [0.29, 0.717) is 33.1 Å². The second-order valence-electron chi connectivity index (χ2n) is 6.72. The number of benzene rings is 2. The van der Waals surface area contributed by atoms with Gasteiger partial charge in [0.15, 0.2) is 0 Å². The van der Waals surface area contributed by atoms with Crippen LogP contribution in [0.4, 0.5) is 0 Å². The van der Waals surface area contributed by atoms with Crippen LogP contribution in [0.15, 0.2) is 59.6 Å². The first kappa shape index (κ1) is 21.6. The van der Waals surface area contributed by atoms with Crippen molar-refractivity contribution in [3.8, 4) is 22.7 Å². The molecule has 1 saturated heterocycles. The molecule has 0 N–H and O–H groups in total. The van der Waals surface area contributed by atoms with Gasteiger partial charge in [-0.2, -0.15) is 5.10 Å². The Hall–Kier alpha value is -2.61. The number of halogens is 1. The summed E-state index contributed by atoms with van der Waals surface area (Å²) < 4.78 is 7.92. The Labute approximate surface area is 195 Å². The van der Waals surface area contributed by atoms with Gasteiger partial charge in [-0.25, -0.2) is 4.68 Å². The molecule has 0 unspecified atom stereocenters. The van der Waals surface area contributed by atoms with E-state index in [0.717, 1.165) is 22.5 Å². The summed E-state index contributed by atoms with van der Waals surface area (Å²) >= 11 is 13.1. The van der Waals surface area contributed by atoms with Crippen molar-refractivity contribution in [2.75, 3.05) is 13.2 Å². The Morgan fingerprint density at radius 1 is 1.19 bits per heavy atom. The number of hydrogen-bond donors (Lipinski definition) is 0. The topological polar surface area (TPSA) is 47.4 Å². The third-order valence-electron chi connectivity index (χ3n) is 4.74. The molecule has 1 amide bonds. The predicted molar refractivity (Wildman–Crippen MR) is 131 cm³/mol.